The van der Waals surface area contributed by atoms with Crippen LogP contribution in [-0.4, -0.2) is 29.3 Å². The number of fused-ring (bicyclic) bond motifs is 1. The lowest BCUT2D eigenvalue weighted by atomic mass is 9.72. The second-order valence-electron chi connectivity index (χ2n) is 6.09. The van der Waals surface area contributed by atoms with Crippen LogP contribution in [0.1, 0.15) is 48.4 Å². The van der Waals surface area contributed by atoms with Crippen molar-refractivity contribution in [1.82, 2.24) is 5.06 Å². The number of benzene rings is 1. The maximum Gasteiger partial charge on any atom is 0.233 e. The third kappa shape index (κ3) is 2.07. The monoisotopic (exact) mass is 291 g/mol. The number of phenols is 1. The van der Waals surface area contributed by atoms with E-state index in [1.165, 1.54) is 12.2 Å². The van der Waals surface area contributed by atoms with Crippen molar-refractivity contribution in [3.05, 3.63) is 22.8 Å². The second kappa shape index (κ2) is 4.91. The highest BCUT2D eigenvalue weighted by molar-refractivity contribution is 5.57. The first-order chi connectivity index (χ1) is 10.0. The van der Waals surface area contributed by atoms with Crippen LogP contribution in [0.25, 0.3) is 0 Å². The Morgan fingerprint density at radius 1 is 1.48 bits per heavy atom. The normalized spacial score (nSPS) is 22.1. The Kier molecular flexibility index (Phi) is 3.32. The summed E-state index contributed by atoms with van der Waals surface area (Å²) in [6.07, 6.45) is 4.54. The van der Waals surface area contributed by atoms with E-state index in [1.807, 2.05) is 19.9 Å². The van der Waals surface area contributed by atoms with E-state index < -0.39 is 0 Å². The fourth-order valence-corrected chi connectivity index (χ4v) is 3.52. The van der Waals surface area contributed by atoms with Gasteiger partial charge in [0, 0.05) is 17.5 Å². The van der Waals surface area contributed by atoms with E-state index in [0.717, 1.165) is 41.7 Å². The van der Waals surface area contributed by atoms with Crippen molar-refractivity contribution in [3.8, 4) is 11.5 Å². The number of aryl methyl sites for hydroxylation is 1. The van der Waals surface area contributed by atoms with E-state index >= 15 is 0 Å². The van der Waals surface area contributed by atoms with Crippen LogP contribution >= 0.6 is 0 Å². The molecular weight excluding hydrogens is 270 g/mol. The van der Waals surface area contributed by atoms with Gasteiger partial charge in [0.25, 0.3) is 0 Å². The number of ether oxygens (including phenoxy) is 1. The zero-order valence-corrected chi connectivity index (χ0v) is 12.7. The molecule has 5 heteroatoms. The van der Waals surface area contributed by atoms with Gasteiger partial charge in [0.2, 0.25) is 6.41 Å². The van der Waals surface area contributed by atoms with Gasteiger partial charge in [-0.25, -0.2) is 5.06 Å². The van der Waals surface area contributed by atoms with Gasteiger partial charge in [0.1, 0.15) is 17.1 Å². The van der Waals surface area contributed by atoms with E-state index in [4.69, 9.17) is 9.57 Å². The molecule has 2 aliphatic rings. The molecule has 1 aromatic carbocycles. The maximum absolute atomic E-state index is 11.3. The van der Waals surface area contributed by atoms with Gasteiger partial charge in [0.15, 0.2) is 0 Å². The number of hydroxylamine groups is 2. The van der Waals surface area contributed by atoms with E-state index in [0.29, 0.717) is 12.8 Å². The second-order valence-corrected chi connectivity index (χ2v) is 6.09. The molecule has 0 aromatic heterocycles. The van der Waals surface area contributed by atoms with Crippen LogP contribution in [0.2, 0.25) is 0 Å². The van der Waals surface area contributed by atoms with Crippen LogP contribution in [0.3, 0.4) is 0 Å². The number of hydrogen-bond acceptors (Lipinski definition) is 4. The summed E-state index contributed by atoms with van der Waals surface area (Å²) in [7, 11) is 1.49. The van der Waals surface area contributed by atoms with E-state index in [2.05, 4.69) is 0 Å². The first-order valence-corrected chi connectivity index (χ1v) is 7.31. The molecule has 1 aliphatic heterocycles. The highest BCUT2D eigenvalue weighted by Gasteiger charge is 2.48. The van der Waals surface area contributed by atoms with E-state index in [-0.39, 0.29) is 17.4 Å². The van der Waals surface area contributed by atoms with Crippen LogP contribution < -0.4 is 4.74 Å². The molecule has 1 amide bonds. The molecule has 5 nitrogen and oxygen atoms in total. The van der Waals surface area contributed by atoms with Crippen molar-refractivity contribution in [3.63, 3.8) is 0 Å². The van der Waals surface area contributed by atoms with Gasteiger partial charge < -0.3 is 9.84 Å². The zero-order valence-electron chi connectivity index (χ0n) is 12.7. The number of nitrogens with zero attached hydrogens (tertiary/aromatic N) is 1. The molecule has 0 saturated heterocycles. The maximum atomic E-state index is 11.3. The Hall–Kier alpha value is -1.75. The van der Waals surface area contributed by atoms with Crippen LogP contribution in [0.5, 0.6) is 11.5 Å². The smallest absolute Gasteiger partial charge is 0.233 e. The standard InChI is InChI=1S/C16H21NO4/c1-10-7-13-14(11(2)15(10)19)12(17(9-18)20-3)8-16(21-13)5-4-6-16/h7,9,12,19H,4-6,8H2,1-3H3. The highest BCUT2D eigenvalue weighted by Crippen LogP contribution is 2.52. The largest absolute Gasteiger partial charge is 0.507 e. The first-order valence-electron chi connectivity index (χ1n) is 7.31. The average molecular weight is 291 g/mol. The molecular formula is C16H21NO4. The molecule has 3 rings (SSSR count). The molecule has 1 spiro atoms. The van der Waals surface area contributed by atoms with Crippen molar-refractivity contribution in [1.29, 1.82) is 0 Å². The van der Waals surface area contributed by atoms with E-state index in [9.17, 15) is 9.90 Å². The van der Waals surface area contributed by atoms with Crippen LogP contribution in [-0.2, 0) is 9.63 Å². The van der Waals surface area contributed by atoms with Gasteiger partial charge in [-0.3, -0.25) is 9.63 Å². The Morgan fingerprint density at radius 2 is 2.19 bits per heavy atom. The Labute approximate surface area is 124 Å². The summed E-state index contributed by atoms with van der Waals surface area (Å²) in [4.78, 5) is 16.5. The molecule has 114 valence electrons. The molecule has 1 N–H and O–H groups in total. The molecule has 1 fully saturated rings. The third-order valence-corrected chi connectivity index (χ3v) is 4.86. The minimum atomic E-state index is -0.219. The summed E-state index contributed by atoms with van der Waals surface area (Å²) >= 11 is 0. The van der Waals surface area contributed by atoms with Gasteiger partial charge in [-0.05, 0) is 44.7 Å². The van der Waals surface area contributed by atoms with Crippen LogP contribution in [0.4, 0.5) is 0 Å². The SMILES string of the molecule is CON(C=O)C1CC2(CCC2)Oc2cc(C)c(O)c(C)c21. The molecule has 1 unspecified atom stereocenters. The predicted octanol–water partition coefficient (Wildman–Crippen LogP) is 2.78. The molecule has 1 heterocycles. The Morgan fingerprint density at radius 3 is 2.71 bits per heavy atom. The molecule has 1 saturated carbocycles. The summed E-state index contributed by atoms with van der Waals surface area (Å²) in [6.45, 7) is 3.71. The van der Waals surface area contributed by atoms with Gasteiger partial charge in [-0.2, -0.15) is 0 Å². The summed E-state index contributed by atoms with van der Waals surface area (Å²) in [6, 6.07) is 1.64. The molecule has 21 heavy (non-hydrogen) atoms. The quantitative estimate of drug-likeness (QED) is 0.687. The van der Waals surface area contributed by atoms with Gasteiger partial charge >= 0.3 is 0 Å². The molecule has 0 bridgehead atoms. The number of aromatic hydroxyl groups is 1. The third-order valence-electron chi connectivity index (χ3n) is 4.86. The lowest BCUT2D eigenvalue weighted by Crippen LogP contribution is -2.49. The number of phenolic OH excluding ortho intramolecular Hbond substituents is 1. The van der Waals surface area contributed by atoms with Crippen molar-refractivity contribution in [2.24, 2.45) is 0 Å². The lowest BCUT2D eigenvalue weighted by Gasteiger charge is -2.49. The van der Waals surface area contributed by atoms with Crippen molar-refractivity contribution in [2.45, 2.75) is 51.2 Å². The highest BCUT2D eigenvalue weighted by atomic mass is 16.7. The molecule has 1 atom stereocenters. The predicted molar refractivity (Wildman–Crippen MR) is 77.1 cm³/mol. The minimum absolute atomic E-state index is 0.187. The Balaban J connectivity index is 2.13. The van der Waals surface area contributed by atoms with Crippen LogP contribution in [0.15, 0.2) is 6.07 Å². The number of rotatable bonds is 3. The zero-order chi connectivity index (χ0) is 15.2. The van der Waals surface area contributed by atoms with Crippen LogP contribution in [0, 0.1) is 13.8 Å². The topological polar surface area (TPSA) is 59.0 Å². The summed E-state index contributed by atoms with van der Waals surface area (Å²) in [5, 5.41) is 11.5. The van der Waals surface area contributed by atoms with Crippen molar-refractivity contribution >= 4 is 6.41 Å². The Bertz CT molecular complexity index is 580. The van der Waals surface area contributed by atoms with Gasteiger partial charge in [0.05, 0.1) is 13.2 Å². The number of amides is 1. The molecule has 1 aliphatic carbocycles. The summed E-state index contributed by atoms with van der Waals surface area (Å²) in [5.74, 6) is 1.02. The van der Waals surface area contributed by atoms with E-state index in [1.54, 1.807) is 0 Å². The number of carbonyl (C=O) groups excluding carboxylic acids is 1. The minimum Gasteiger partial charge on any atom is -0.507 e. The fraction of sp³-hybridized carbons (Fsp3) is 0.562. The van der Waals surface area contributed by atoms with Gasteiger partial charge in [-0.1, -0.05) is 0 Å². The lowest BCUT2D eigenvalue weighted by molar-refractivity contribution is -0.187. The number of carbonyl (C=O) groups is 1. The van der Waals surface area contributed by atoms with Crippen molar-refractivity contribution in [2.75, 3.05) is 7.11 Å². The van der Waals surface area contributed by atoms with Gasteiger partial charge in [-0.15, -0.1) is 0 Å². The summed E-state index contributed by atoms with van der Waals surface area (Å²) < 4.78 is 6.23. The fourth-order valence-electron chi connectivity index (χ4n) is 3.52. The molecule has 0 radical (unpaired) electrons. The first kappa shape index (κ1) is 14.2. The summed E-state index contributed by atoms with van der Waals surface area (Å²) in [5.41, 5.74) is 2.21. The van der Waals surface area contributed by atoms with Crippen molar-refractivity contribution < 1.29 is 19.5 Å². The molecule has 1 aromatic rings. The number of hydrogen-bond donors (Lipinski definition) is 1. The average Bonchev–Trinajstić information content (AvgIpc) is 2.44.